The number of nitrogens with two attached hydrogens (primary N) is 1. The van der Waals surface area contributed by atoms with Crippen LogP contribution in [0.25, 0.3) is 0 Å². The first kappa shape index (κ1) is 26.4. The van der Waals surface area contributed by atoms with Crippen molar-refractivity contribution in [2.45, 2.75) is 122 Å². The van der Waals surface area contributed by atoms with E-state index >= 15 is 0 Å². The molecule has 3 nitrogen and oxygen atoms in total. The van der Waals surface area contributed by atoms with Crippen molar-refractivity contribution in [1.29, 1.82) is 0 Å². The molecule has 0 radical (unpaired) electrons. The largest absolute Gasteiger partial charge is 0.412 e. The van der Waals surface area contributed by atoms with Gasteiger partial charge >= 0.3 is 0 Å². The van der Waals surface area contributed by atoms with Gasteiger partial charge in [0.25, 0.3) is 0 Å². The lowest BCUT2D eigenvalue weighted by molar-refractivity contribution is -0.118. The summed E-state index contributed by atoms with van der Waals surface area (Å²) in [5.41, 5.74) is 5.13. The van der Waals surface area contributed by atoms with Gasteiger partial charge in [-0.25, -0.2) is 0 Å². The lowest BCUT2D eigenvalue weighted by Gasteiger charge is -2.01. The molecule has 0 atom stereocenters. The van der Waals surface area contributed by atoms with Gasteiger partial charge < -0.3 is 11.2 Å². The highest BCUT2D eigenvalue weighted by Crippen LogP contribution is 2.12. The minimum absolute atomic E-state index is 0. The zero-order chi connectivity index (χ0) is 17.7. The van der Waals surface area contributed by atoms with Crippen molar-refractivity contribution < 1.29 is 10.3 Å². The Morgan fingerprint density at radius 3 is 1.40 bits per heavy atom. The zero-order valence-corrected chi connectivity index (χ0v) is 16.9. The standard InChI is InChI=1S/C22H43NO.H2O/c1-2-3-4-5-6-7-8-9-10-11-12-13-14-15-16-17-18-19-20-21-22(23)24;/h9-10H,2-8,11-21H2,1H3,(H2,23,24);1H2/b10-9-;. The molecule has 0 aromatic heterocycles. The predicted octanol–water partition coefficient (Wildman–Crippen LogP) is 6.24. The van der Waals surface area contributed by atoms with Gasteiger partial charge in [0.05, 0.1) is 0 Å². The van der Waals surface area contributed by atoms with Crippen molar-refractivity contribution in [2.24, 2.45) is 5.73 Å². The molecular formula is C22H45NO2. The number of hydrogen-bond acceptors (Lipinski definition) is 1. The van der Waals surface area contributed by atoms with Crippen LogP contribution in [-0.2, 0) is 4.79 Å². The molecule has 0 unspecified atom stereocenters. The molecule has 0 saturated heterocycles. The maximum Gasteiger partial charge on any atom is 0.217 e. The van der Waals surface area contributed by atoms with Crippen LogP contribution in [0, 0.1) is 0 Å². The van der Waals surface area contributed by atoms with Crippen LogP contribution in [0.1, 0.15) is 122 Å². The number of carbonyl (C=O) groups excluding carboxylic acids is 1. The fourth-order valence-electron chi connectivity index (χ4n) is 3.08. The molecule has 150 valence electrons. The normalized spacial score (nSPS) is 10.9. The van der Waals surface area contributed by atoms with Gasteiger partial charge in [0, 0.05) is 6.42 Å². The smallest absolute Gasteiger partial charge is 0.217 e. The fraction of sp³-hybridized carbons (Fsp3) is 0.864. The van der Waals surface area contributed by atoms with E-state index in [2.05, 4.69) is 19.1 Å². The van der Waals surface area contributed by atoms with Gasteiger partial charge in [-0.1, -0.05) is 96.1 Å². The summed E-state index contributed by atoms with van der Waals surface area (Å²) in [5, 5.41) is 0. The summed E-state index contributed by atoms with van der Waals surface area (Å²) in [6, 6.07) is 0. The number of rotatable bonds is 19. The predicted molar refractivity (Wildman–Crippen MR) is 111 cm³/mol. The van der Waals surface area contributed by atoms with Crippen molar-refractivity contribution in [3.63, 3.8) is 0 Å². The third-order valence-corrected chi connectivity index (χ3v) is 4.68. The molecule has 0 aliphatic rings. The second-order valence-corrected chi connectivity index (χ2v) is 7.21. The Hall–Kier alpha value is -0.830. The molecule has 0 fully saturated rings. The van der Waals surface area contributed by atoms with E-state index in [9.17, 15) is 4.79 Å². The maximum absolute atomic E-state index is 10.6. The van der Waals surface area contributed by atoms with Gasteiger partial charge in [0.2, 0.25) is 5.91 Å². The fourth-order valence-corrected chi connectivity index (χ4v) is 3.08. The van der Waals surface area contributed by atoms with Crippen LogP contribution < -0.4 is 5.73 Å². The SMILES string of the molecule is CCCCCCCC/C=C\CCCCCCCCCCCC(N)=O.O. The summed E-state index contributed by atoms with van der Waals surface area (Å²) in [4.78, 5) is 10.6. The van der Waals surface area contributed by atoms with Crippen LogP contribution in [0.2, 0.25) is 0 Å². The Bertz CT molecular complexity index is 290. The summed E-state index contributed by atoms with van der Waals surface area (Å²) >= 11 is 0. The van der Waals surface area contributed by atoms with Gasteiger partial charge in [0.1, 0.15) is 0 Å². The average molecular weight is 356 g/mol. The number of primary amides is 1. The van der Waals surface area contributed by atoms with Gasteiger partial charge in [0.15, 0.2) is 0 Å². The highest BCUT2D eigenvalue weighted by Gasteiger charge is 1.95. The van der Waals surface area contributed by atoms with Crippen molar-refractivity contribution in [1.82, 2.24) is 0 Å². The summed E-state index contributed by atoms with van der Waals surface area (Å²) in [5.74, 6) is -0.156. The van der Waals surface area contributed by atoms with Crippen LogP contribution in [0.4, 0.5) is 0 Å². The lowest BCUT2D eigenvalue weighted by Crippen LogP contribution is -2.09. The van der Waals surface area contributed by atoms with Crippen molar-refractivity contribution in [3.05, 3.63) is 12.2 Å². The molecular weight excluding hydrogens is 310 g/mol. The van der Waals surface area contributed by atoms with Crippen LogP contribution >= 0.6 is 0 Å². The lowest BCUT2D eigenvalue weighted by atomic mass is 10.1. The molecule has 3 heteroatoms. The minimum atomic E-state index is -0.156. The topological polar surface area (TPSA) is 74.6 Å². The second kappa shape index (κ2) is 23.2. The van der Waals surface area contributed by atoms with Crippen LogP contribution in [-0.4, -0.2) is 11.4 Å². The first-order valence-electron chi connectivity index (χ1n) is 10.7. The van der Waals surface area contributed by atoms with E-state index in [1.165, 1.54) is 96.3 Å². The molecule has 0 aliphatic carbocycles. The summed E-state index contributed by atoms with van der Waals surface area (Å²) in [7, 11) is 0. The van der Waals surface area contributed by atoms with Crippen LogP contribution in [0.3, 0.4) is 0 Å². The number of amides is 1. The molecule has 0 rings (SSSR count). The Morgan fingerprint density at radius 2 is 1.00 bits per heavy atom. The van der Waals surface area contributed by atoms with Crippen molar-refractivity contribution in [3.8, 4) is 0 Å². The molecule has 0 bridgehead atoms. The third-order valence-electron chi connectivity index (χ3n) is 4.68. The Kier molecular flexibility index (Phi) is 24.5. The summed E-state index contributed by atoms with van der Waals surface area (Å²) < 4.78 is 0. The Morgan fingerprint density at radius 1 is 0.640 bits per heavy atom. The first-order chi connectivity index (χ1) is 11.8. The monoisotopic (exact) mass is 355 g/mol. The first-order valence-corrected chi connectivity index (χ1v) is 10.7. The van der Waals surface area contributed by atoms with E-state index in [1.54, 1.807) is 0 Å². The van der Waals surface area contributed by atoms with Crippen LogP contribution in [0.5, 0.6) is 0 Å². The number of allylic oxidation sites excluding steroid dienone is 2. The molecule has 0 saturated carbocycles. The molecule has 0 aromatic carbocycles. The molecule has 1 amide bonds. The van der Waals surface area contributed by atoms with E-state index in [1.807, 2.05) is 0 Å². The third kappa shape index (κ3) is 25.5. The minimum Gasteiger partial charge on any atom is -0.412 e. The van der Waals surface area contributed by atoms with Crippen LogP contribution in [0.15, 0.2) is 12.2 Å². The Balaban J connectivity index is 0. The van der Waals surface area contributed by atoms with E-state index < -0.39 is 0 Å². The number of unbranched alkanes of at least 4 members (excludes halogenated alkanes) is 15. The van der Waals surface area contributed by atoms with Crippen molar-refractivity contribution >= 4 is 5.91 Å². The second-order valence-electron chi connectivity index (χ2n) is 7.21. The van der Waals surface area contributed by atoms with E-state index in [-0.39, 0.29) is 11.4 Å². The molecule has 0 spiro atoms. The van der Waals surface area contributed by atoms with Gasteiger partial charge in [-0.3, -0.25) is 4.79 Å². The maximum atomic E-state index is 10.6. The summed E-state index contributed by atoms with van der Waals surface area (Å²) in [6.07, 6.45) is 27.8. The average Bonchev–Trinajstić information content (AvgIpc) is 2.56. The molecule has 0 aromatic rings. The van der Waals surface area contributed by atoms with E-state index in [0.717, 1.165) is 12.8 Å². The van der Waals surface area contributed by atoms with Crippen molar-refractivity contribution in [2.75, 3.05) is 0 Å². The Labute approximate surface area is 157 Å². The molecule has 4 N–H and O–H groups in total. The van der Waals surface area contributed by atoms with Gasteiger partial charge in [-0.15, -0.1) is 0 Å². The summed E-state index contributed by atoms with van der Waals surface area (Å²) in [6.45, 7) is 2.28. The van der Waals surface area contributed by atoms with Gasteiger partial charge in [-0.2, -0.15) is 0 Å². The number of carbonyl (C=O) groups is 1. The van der Waals surface area contributed by atoms with E-state index in [0.29, 0.717) is 6.42 Å². The van der Waals surface area contributed by atoms with E-state index in [4.69, 9.17) is 5.73 Å². The molecule has 0 aliphatic heterocycles. The molecule has 25 heavy (non-hydrogen) atoms. The highest BCUT2D eigenvalue weighted by atomic mass is 16.1. The quantitative estimate of drug-likeness (QED) is 0.216. The van der Waals surface area contributed by atoms with Gasteiger partial charge in [-0.05, 0) is 32.1 Å². The zero-order valence-electron chi connectivity index (χ0n) is 16.9. The molecule has 0 heterocycles. The number of hydrogen-bond donors (Lipinski definition) is 1. The highest BCUT2D eigenvalue weighted by molar-refractivity contribution is 5.73.